The van der Waals surface area contributed by atoms with Crippen molar-refractivity contribution in [1.82, 2.24) is 20.4 Å². The fraction of sp³-hybridized carbons (Fsp3) is 0.944. The van der Waals surface area contributed by atoms with Crippen molar-refractivity contribution in [2.75, 3.05) is 73.1 Å². The summed E-state index contributed by atoms with van der Waals surface area (Å²) in [5.74, 6) is 1.51. The first-order valence-corrected chi connectivity index (χ1v) is 9.58. The Balaban J connectivity index is 0.00000576. The van der Waals surface area contributed by atoms with Gasteiger partial charge in [-0.05, 0) is 25.8 Å². The van der Waals surface area contributed by atoms with Gasteiger partial charge in [-0.25, -0.2) is 0 Å². The third-order valence-electron chi connectivity index (χ3n) is 4.41. The van der Waals surface area contributed by atoms with Gasteiger partial charge in [-0.15, -0.1) is 24.0 Å². The van der Waals surface area contributed by atoms with Crippen molar-refractivity contribution >= 4 is 29.9 Å². The number of hydrogen-bond acceptors (Lipinski definition) is 4. The molecule has 0 aliphatic carbocycles. The van der Waals surface area contributed by atoms with Crippen LogP contribution in [0.1, 0.15) is 33.1 Å². The van der Waals surface area contributed by atoms with Crippen molar-refractivity contribution in [1.29, 1.82) is 0 Å². The second-order valence-electron chi connectivity index (χ2n) is 6.91. The van der Waals surface area contributed by atoms with Gasteiger partial charge in [0.1, 0.15) is 0 Å². The van der Waals surface area contributed by atoms with Gasteiger partial charge >= 0.3 is 0 Å². The molecule has 1 heterocycles. The van der Waals surface area contributed by atoms with Crippen LogP contribution in [-0.4, -0.2) is 88.9 Å². The quantitative estimate of drug-likeness (QED) is 0.210. The van der Waals surface area contributed by atoms with E-state index in [1.54, 1.807) is 0 Å². The lowest BCUT2D eigenvalue weighted by molar-refractivity contribution is 0.129. The smallest absolute Gasteiger partial charge is 0.190 e. The molecule has 1 aliphatic heterocycles. The zero-order chi connectivity index (χ0) is 17.6. The summed E-state index contributed by atoms with van der Waals surface area (Å²) in [7, 11) is 4.03. The first-order chi connectivity index (χ1) is 11.7. The molecular weight excluding hydrogens is 429 g/mol. The second-order valence-corrected chi connectivity index (χ2v) is 6.91. The highest BCUT2D eigenvalue weighted by Crippen LogP contribution is 2.03. The molecule has 25 heavy (non-hydrogen) atoms. The Morgan fingerprint density at radius 2 is 1.80 bits per heavy atom. The monoisotopic (exact) mass is 469 g/mol. The summed E-state index contributed by atoms with van der Waals surface area (Å²) in [5, 5.41) is 6.80. The minimum absolute atomic E-state index is 0. The Bertz CT molecular complexity index is 335. The first-order valence-electron chi connectivity index (χ1n) is 9.58. The predicted molar refractivity (Wildman–Crippen MR) is 118 cm³/mol. The average molecular weight is 469 g/mol. The number of hydrogen-bond donors (Lipinski definition) is 2. The van der Waals surface area contributed by atoms with Gasteiger partial charge in [0, 0.05) is 66.1 Å². The van der Waals surface area contributed by atoms with Crippen molar-refractivity contribution in [2.45, 2.75) is 33.1 Å². The van der Waals surface area contributed by atoms with Crippen molar-refractivity contribution in [3.63, 3.8) is 0 Å². The minimum atomic E-state index is 0. The number of ether oxygens (including phenoxy) is 1. The Morgan fingerprint density at radius 1 is 1.12 bits per heavy atom. The van der Waals surface area contributed by atoms with Crippen LogP contribution in [0.15, 0.2) is 4.99 Å². The Hall–Kier alpha value is -0.120. The standard InChI is InChI=1S/C18H39N5O.HI/c1-5-6-13-24-14-7-8-20-18(19-3)21-15-17(2)16-23-11-9-22(4)10-12-23;/h17H,5-16H2,1-4H3,(H2,19,20,21);1H. The molecule has 1 saturated heterocycles. The van der Waals surface area contributed by atoms with Crippen LogP contribution in [-0.2, 0) is 4.74 Å². The molecule has 7 heteroatoms. The molecule has 1 rings (SSSR count). The van der Waals surface area contributed by atoms with Crippen molar-refractivity contribution in [3.05, 3.63) is 0 Å². The zero-order valence-electron chi connectivity index (χ0n) is 16.7. The molecule has 0 aromatic rings. The number of unbranched alkanes of at least 4 members (excludes halogenated alkanes) is 1. The summed E-state index contributed by atoms with van der Waals surface area (Å²) in [6.07, 6.45) is 3.37. The van der Waals surface area contributed by atoms with Gasteiger partial charge in [-0.2, -0.15) is 0 Å². The van der Waals surface area contributed by atoms with E-state index >= 15 is 0 Å². The molecule has 0 aromatic carbocycles. The van der Waals surface area contributed by atoms with Gasteiger partial charge in [0.15, 0.2) is 5.96 Å². The summed E-state index contributed by atoms with van der Waals surface area (Å²) in [6.45, 7) is 14.0. The van der Waals surface area contributed by atoms with Crippen LogP contribution >= 0.6 is 24.0 Å². The fourth-order valence-corrected chi connectivity index (χ4v) is 2.76. The van der Waals surface area contributed by atoms with Crippen LogP contribution < -0.4 is 10.6 Å². The molecule has 0 radical (unpaired) electrons. The van der Waals surface area contributed by atoms with E-state index in [4.69, 9.17) is 4.74 Å². The van der Waals surface area contributed by atoms with Crippen molar-refractivity contribution in [2.24, 2.45) is 10.9 Å². The van der Waals surface area contributed by atoms with E-state index in [-0.39, 0.29) is 24.0 Å². The number of likely N-dealkylation sites (N-methyl/N-ethyl adjacent to an activating group) is 1. The van der Waals surface area contributed by atoms with Gasteiger partial charge in [-0.3, -0.25) is 4.99 Å². The van der Waals surface area contributed by atoms with Crippen LogP contribution in [0.4, 0.5) is 0 Å². The van der Waals surface area contributed by atoms with Gasteiger partial charge in [0.25, 0.3) is 0 Å². The summed E-state index contributed by atoms with van der Waals surface area (Å²) in [4.78, 5) is 9.26. The molecule has 1 fully saturated rings. The number of guanidine groups is 1. The highest BCUT2D eigenvalue weighted by Gasteiger charge is 2.16. The van der Waals surface area contributed by atoms with Crippen LogP contribution in [0.2, 0.25) is 0 Å². The molecule has 150 valence electrons. The van der Waals surface area contributed by atoms with E-state index in [9.17, 15) is 0 Å². The average Bonchev–Trinajstić information content (AvgIpc) is 2.58. The molecule has 1 aliphatic rings. The molecule has 1 unspecified atom stereocenters. The first kappa shape index (κ1) is 24.9. The number of halogens is 1. The number of aliphatic imine (C=N–C) groups is 1. The summed E-state index contributed by atoms with van der Waals surface area (Å²) >= 11 is 0. The lowest BCUT2D eigenvalue weighted by atomic mass is 10.1. The number of piperazine rings is 1. The molecule has 0 saturated carbocycles. The molecule has 0 spiro atoms. The van der Waals surface area contributed by atoms with Gasteiger partial charge in [0.2, 0.25) is 0 Å². The molecule has 1 atom stereocenters. The van der Waals surface area contributed by atoms with Gasteiger partial charge < -0.3 is 25.2 Å². The van der Waals surface area contributed by atoms with Crippen molar-refractivity contribution < 1.29 is 4.74 Å². The number of rotatable bonds is 11. The normalized spacial score (nSPS) is 17.8. The number of nitrogens with zero attached hydrogens (tertiary/aromatic N) is 3. The molecule has 2 N–H and O–H groups in total. The van der Waals surface area contributed by atoms with E-state index in [0.29, 0.717) is 5.92 Å². The number of nitrogens with one attached hydrogen (secondary N) is 2. The van der Waals surface area contributed by atoms with Gasteiger partial charge in [-0.1, -0.05) is 20.3 Å². The van der Waals surface area contributed by atoms with E-state index < -0.39 is 0 Å². The third kappa shape index (κ3) is 12.8. The lowest BCUT2D eigenvalue weighted by Crippen LogP contribution is -2.47. The molecule has 0 amide bonds. The second kappa shape index (κ2) is 16.1. The maximum Gasteiger partial charge on any atom is 0.190 e. The summed E-state index contributed by atoms with van der Waals surface area (Å²) < 4.78 is 5.57. The largest absolute Gasteiger partial charge is 0.381 e. The van der Waals surface area contributed by atoms with Crippen LogP contribution in [0.25, 0.3) is 0 Å². The predicted octanol–water partition coefficient (Wildman–Crippen LogP) is 1.86. The minimum Gasteiger partial charge on any atom is -0.381 e. The van der Waals surface area contributed by atoms with E-state index in [0.717, 1.165) is 51.6 Å². The van der Waals surface area contributed by atoms with Crippen LogP contribution in [0.3, 0.4) is 0 Å². The Morgan fingerprint density at radius 3 is 2.44 bits per heavy atom. The SMILES string of the molecule is CCCCOCCCNC(=NC)NCC(C)CN1CCN(C)CC1.I. The molecule has 0 aromatic heterocycles. The van der Waals surface area contributed by atoms with Crippen LogP contribution in [0, 0.1) is 5.92 Å². The van der Waals surface area contributed by atoms with Crippen molar-refractivity contribution in [3.8, 4) is 0 Å². The summed E-state index contributed by atoms with van der Waals surface area (Å²) in [5.41, 5.74) is 0. The maximum absolute atomic E-state index is 5.57. The fourth-order valence-electron chi connectivity index (χ4n) is 2.76. The maximum atomic E-state index is 5.57. The molecule has 0 bridgehead atoms. The van der Waals surface area contributed by atoms with E-state index in [1.807, 2.05) is 7.05 Å². The van der Waals surface area contributed by atoms with Gasteiger partial charge in [0.05, 0.1) is 0 Å². The molecule has 6 nitrogen and oxygen atoms in total. The topological polar surface area (TPSA) is 52.1 Å². The highest BCUT2D eigenvalue weighted by atomic mass is 127. The van der Waals surface area contributed by atoms with E-state index in [1.165, 1.54) is 32.6 Å². The highest BCUT2D eigenvalue weighted by molar-refractivity contribution is 14.0. The Kier molecular flexibility index (Phi) is 16.0. The molecular formula is C18H40IN5O. The lowest BCUT2D eigenvalue weighted by Gasteiger charge is -2.34. The third-order valence-corrected chi connectivity index (χ3v) is 4.41. The zero-order valence-corrected chi connectivity index (χ0v) is 19.1. The van der Waals surface area contributed by atoms with E-state index in [2.05, 4.69) is 46.3 Å². The Labute approximate surface area is 172 Å². The van der Waals surface area contributed by atoms with Crippen LogP contribution in [0.5, 0.6) is 0 Å². The summed E-state index contributed by atoms with van der Waals surface area (Å²) in [6, 6.07) is 0.